The Morgan fingerprint density at radius 1 is 1.29 bits per heavy atom. The lowest BCUT2D eigenvalue weighted by molar-refractivity contribution is 0.000824. The fourth-order valence-corrected chi connectivity index (χ4v) is 2.67. The molecule has 0 unspecified atom stereocenters. The molecule has 1 aliphatic heterocycles. The van der Waals surface area contributed by atoms with E-state index in [1.54, 1.807) is 0 Å². The highest BCUT2D eigenvalue weighted by atomic mass is 16.5. The Kier molecular flexibility index (Phi) is 4.62. The van der Waals surface area contributed by atoms with Gasteiger partial charge in [0.15, 0.2) is 0 Å². The van der Waals surface area contributed by atoms with Crippen LogP contribution >= 0.6 is 0 Å². The zero-order valence-corrected chi connectivity index (χ0v) is 14.3. The maximum absolute atomic E-state index is 12.4. The lowest BCUT2D eigenvalue weighted by atomic mass is 9.97. The minimum absolute atomic E-state index is 0.00321. The molecule has 24 heavy (non-hydrogen) atoms. The van der Waals surface area contributed by atoms with E-state index in [1.165, 1.54) is 4.80 Å². The SMILES string of the molecule is CC(C)(C)n1nnc(C(=O)N[C@H]2CCO[C@@H](c3ccccc3)C2)n1. The molecule has 3 rings (SSSR count). The molecule has 1 aromatic heterocycles. The molecule has 7 heteroatoms. The standard InChI is InChI=1S/C17H23N5O2/c1-17(2,3)22-20-15(19-21-22)16(23)18-13-9-10-24-14(11-13)12-7-5-4-6-8-12/h4-8,13-14H,9-11H2,1-3H3,(H,18,23)/t13-,14+/m0/s1. The molecule has 7 nitrogen and oxygen atoms in total. The maximum Gasteiger partial charge on any atom is 0.293 e. The van der Waals surface area contributed by atoms with Crippen molar-refractivity contribution < 1.29 is 9.53 Å². The van der Waals surface area contributed by atoms with E-state index in [9.17, 15) is 4.79 Å². The second-order valence-electron chi connectivity index (χ2n) is 7.04. The van der Waals surface area contributed by atoms with Gasteiger partial charge < -0.3 is 10.1 Å². The number of ether oxygens (including phenoxy) is 1. The number of carbonyl (C=O) groups excluding carboxylic acids is 1. The molecule has 0 aliphatic carbocycles. The van der Waals surface area contributed by atoms with Gasteiger partial charge in [-0.15, -0.1) is 10.2 Å². The quantitative estimate of drug-likeness (QED) is 0.932. The number of nitrogens with zero attached hydrogens (tertiary/aromatic N) is 4. The van der Waals surface area contributed by atoms with E-state index < -0.39 is 0 Å². The van der Waals surface area contributed by atoms with E-state index in [0.29, 0.717) is 6.61 Å². The summed E-state index contributed by atoms with van der Waals surface area (Å²) in [7, 11) is 0. The van der Waals surface area contributed by atoms with Crippen LogP contribution in [0.25, 0.3) is 0 Å². The molecule has 0 spiro atoms. The zero-order valence-electron chi connectivity index (χ0n) is 14.3. The monoisotopic (exact) mass is 329 g/mol. The van der Waals surface area contributed by atoms with E-state index >= 15 is 0 Å². The molecular weight excluding hydrogens is 306 g/mol. The molecule has 1 saturated heterocycles. The fourth-order valence-electron chi connectivity index (χ4n) is 2.67. The Hall–Kier alpha value is -2.28. The van der Waals surface area contributed by atoms with Gasteiger partial charge in [-0.1, -0.05) is 30.3 Å². The lowest BCUT2D eigenvalue weighted by Crippen LogP contribution is -2.40. The van der Waals surface area contributed by atoms with Crippen molar-refractivity contribution in [1.29, 1.82) is 0 Å². The van der Waals surface area contributed by atoms with Gasteiger partial charge >= 0.3 is 0 Å². The Balaban J connectivity index is 1.63. The van der Waals surface area contributed by atoms with Gasteiger partial charge in [-0.2, -0.15) is 4.80 Å². The minimum Gasteiger partial charge on any atom is -0.373 e. The predicted octanol–water partition coefficient (Wildman–Crippen LogP) is 2.08. The summed E-state index contributed by atoms with van der Waals surface area (Å²) in [6, 6.07) is 10.1. The summed E-state index contributed by atoms with van der Waals surface area (Å²) in [5, 5.41) is 15.0. The fraction of sp³-hybridized carbons (Fsp3) is 0.529. The predicted molar refractivity (Wildman–Crippen MR) is 88.4 cm³/mol. The highest BCUT2D eigenvalue weighted by Gasteiger charge is 2.27. The van der Waals surface area contributed by atoms with Crippen molar-refractivity contribution in [3.05, 3.63) is 41.7 Å². The maximum atomic E-state index is 12.4. The summed E-state index contributed by atoms with van der Waals surface area (Å²) in [6.45, 7) is 6.49. The average Bonchev–Trinajstić information content (AvgIpc) is 3.06. The normalized spacial score (nSPS) is 21.5. The summed E-state index contributed by atoms with van der Waals surface area (Å²) >= 11 is 0. The molecule has 2 aromatic rings. The number of carbonyl (C=O) groups is 1. The van der Waals surface area contributed by atoms with E-state index in [0.717, 1.165) is 18.4 Å². The largest absolute Gasteiger partial charge is 0.373 e. The van der Waals surface area contributed by atoms with Crippen LogP contribution in [-0.4, -0.2) is 38.8 Å². The van der Waals surface area contributed by atoms with Crippen LogP contribution in [0.15, 0.2) is 30.3 Å². The number of hydrogen-bond acceptors (Lipinski definition) is 5. The van der Waals surface area contributed by atoms with Crippen molar-refractivity contribution in [3.63, 3.8) is 0 Å². The van der Waals surface area contributed by atoms with Gasteiger partial charge in [0.2, 0.25) is 0 Å². The summed E-state index contributed by atoms with van der Waals surface area (Å²) in [5.41, 5.74) is 0.830. The van der Waals surface area contributed by atoms with Crippen molar-refractivity contribution in [3.8, 4) is 0 Å². The molecule has 128 valence electrons. The van der Waals surface area contributed by atoms with E-state index in [2.05, 4.69) is 20.7 Å². The Bertz CT molecular complexity index is 693. The van der Waals surface area contributed by atoms with Crippen molar-refractivity contribution >= 4 is 5.91 Å². The van der Waals surface area contributed by atoms with Crippen LogP contribution in [0.5, 0.6) is 0 Å². The third-order valence-electron chi connectivity index (χ3n) is 4.01. The van der Waals surface area contributed by atoms with Crippen LogP contribution in [-0.2, 0) is 10.3 Å². The van der Waals surface area contributed by atoms with E-state index in [4.69, 9.17) is 4.74 Å². The third-order valence-corrected chi connectivity index (χ3v) is 4.01. The van der Waals surface area contributed by atoms with E-state index in [-0.39, 0.29) is 29.4 Å². The second-order valence-corrected chi connectivity index (χ2v) is 7.04. The number of tetrazole rings is 1. The van der Waals surface area contributed by atoms with Gasteiger partial charge in [-0.3, -0.25) is 4.79 Å². The third kappa shape index (κ3) is 3.79. The van der Waals surface area contributed by atoms with Gasteiger partial charge in [-0.25, -0.2) is 0 Å². The number of hydrogen-bond donors (Lipinski definition) is 1. The molecule has 1 aromatic carbocycles. The van der Waals surface area contributed by atoms with Crippen LogP contribution in [0.3, 0.4) is 0 Å². The topological polar surface area (TPSA) is 81.9 Å². The molecule has 1 N–H and O–H groups in total. The Morgan fingerprint density at radius 3 is 2.71 bits per heavy atom. The summed E-state index contributed by atoms with van der Waals surface area (Å²) in [5.74, 6) is -0.183. The van der Waals surface area contributed by atoms with Gasteiger partial charge in [0.25, 0.3) is 11.7 Å². The molecule has 0 bridgehead atoms. The highest BCUT2D eigenvalue weighted by Crippen LogP contribution is 2.27. The van der Waals surface area contributed by atoms with Crippen molar-refractivity contribution in [2.24, 2.45) is 0 Å². The molecule has 0 saturated carbocycles. The molecule has 2 atom stereocenters. The second kappa shape index (κ2) is 6.68. The minimum atomic E-state index is -0.303. The molecule has 1 fully saturated rings. The van der Waals surface area contributed by atoms with Crippen LogP contribution in [0.2, 0.25) is 0 Å². The number of amides is 1. The highest BCUT2D eigenvalue weighted by molar-refractivity contribution is 5.90. The van der Waals surface area contributed by atoms with E-state index in [1.807, 2.05) is 51.1 Å². The summed E-state index contributed by atoms with van der Waals surface area (Å²) in [6.07, 6.45) is 1.52. The van der Waals surface area contributed by atoms with Gasteiger partial charge in [0.05, 0.1) is 11.6 Å². The number of benzene rings is 1. The first-order valence-electron chi connectivity index (χ1n) is 8.21. The van der Waals surface area contributed by atoms with Gasteiger partial charge in [0, 0.05) is 12.6 Å². The van der Waals surface area contributed by atoms with Gasteiger partial charge in [0.1, 0.15) is 0 Å². The Morgan fingerprint density at radius 2 is 2.04 bits per heavy atom. The Labute approximate surface area is 141 Å². The lowest BCUT2D eigenvalue weighted by Gasteiger charge is -2.30. The summed E-state index contributed by atoms with van der Waals surface area (Å²) < 4.78 is 5.83. The van der Waals surface area contributed by atoms with Crippen LogP contribution in [0, 0.1) is 0 Å². The van der Waals surface area contributed by atoms with Crippen LogP contribution < -0.4 is 5.32 Å². The first kappa shape index (κ1) is 16.6. The molecule has 1 amide bonds. The summed E-state index contributed by atoms with van der Waals surface area (Å²) in [4.78, 5) is 13.8. The number of rotatable bonds is 3. The molecule has 1 aliphatic rings. The van der Waals surface area contributed by atoms with Crippen molar-refractivity contribution in [2.75, 3.05) is 6.61 Å². The van der Waals surface area contributed by atoms with Crippen molar-refractivity contribution in [2.45, 2.75) is 51.3 Å². The van der Waals surface area contributed by atoms with Crippen molar-refractivity contribution in [1.82, 2.24) is 25.5 Å². The van der Waals surface area contributed by atoms with Crippen LogP contribution in [0.4, 0.5) is 0 Å². The molecule has 2 heterocycles. The smallest absolute Gasteiger partial charge is 0.293 e. The average molecular weight is 329 g/mol. The zero-order chi connectivity index (χ0) is 17.2. The number of aromatic nitrogens is 4. The first-order chi connectivity index (χ1) is 11.4. The molecular formula is C17H23N5O2. The molecule has 0 radical (unpaired) electrons. The number of nitrogens with one attached hydrogen (secondary N) is 1. The first-order valence-corrected chi connectivity index (χ1v) is 8.21. The van der Waals surface area contributed by atoms with Crippen LogP contribution in [0.1, 0.15) is 55.9 Å². The van der Waals surface area contributed by atoms with Gasteiger partial charge in [-0.05, 0) is 44.4 Å².